The molecule has 88 valence electrons. The van der Waals surface area contributed by atoms with Gasteiger partial charge in [-0.05, 0) is 24.0 Å². The number of aryl methyl sites for hydroxylation is 1. The highest BCUT2D eigenvalue weighted by Gasteiger charge is 2.08. The van der Waals surface area contributed by atoms with E-state index < -0.39 is 11.6 Å². The number of ketones is 1. The molecular formula is C13H16F2O. The summed E-state index contributed by atoms with van der Waals surface area (Å²) in [6, 6.07) is 3.46. The van der Waals surface area contributed by atoms with Crippen LogP contribution in [-0.2, 0) is 11.2 Å². The largest absolute Gasteiger partial charge is 0.300 e. The lowest BCUT2D eigenvalue weighted by Gasteiger charge is -2.05. The van der Waals surface area contributed by atoms with Crippen molar-refractivity contribution in [3.05, 3.63) is 35.4 Å². The highest BCUT2D eigenvalue weighted by Crippen LogP contribution is 2.13. The lowest BCUT2D eigenvalue weighted by atomic mass is 10.0. The van der Waals surface area contributed by atoms with E-state index in [4.69, 9.17) is 0 Å². The van der Waals surface area contributed by atoms with Crippen molar-refractivity contribution >= 4 is 5.78 Å². The second-order valence-electron chi connectivity index (χ2n) is 4.37. The van der Waals surface area contributed by atoms with Crippen molar-refractivity contribution in [1.29, 1.82) is 0 Å². The Hall–Kier alpha value is -1.25. The maximum atomic E-state index is 13.2. The number of carbonyl (C=O) groups is 1. The number of benzene rings is 1. The van der Waals surface area contributed by atoms with Crippen LogP contribution in [0.2, 0.25) is 0 Å². The van der Waals surface area contributed by atoms with Crippen molar-refractivity contribution in [3.63, 3.8) is 0 Å². The Morgan fingerprint density at radius 2 is 2.00 bits per heavy atom. The number of hydrogen-bond donors (Lipinski definition) is 0. The van der Waals surface area contributed by atoms with Crippen LogP contribution in [-0.4, -0.2) is 5.78 Å². The van der Waals surface area contributed by atoms with E-state index in [9.17, 15) is 13.6 Å². The minimum absolute atomic E-state index is 0.124. The molecule has 0 N–H and O–H groups in total. The second kappa shape index (κ2) is 5.73. The molecule has 1 nitrogen and oxygen atoms in total. The van der Waals surface area contributed by atoms with Crippen molar-refractivity contribution in [1.82, 2.24) is 0 Å². The maximum absolute atomic E-state index is 13.2. The molecular weight excluding hydrogens is 210 g/mol. The average Bonchev–Trinajstić information content (AvgIpc) is 2.15. The Labute approximate surface area is 94.5 Å². The Balaban J connectivity index is 2.51. The number of hydrogen-bond acceptors (Lipinski definition) is 1. The molecule has 1 aromatic rings. The molecule has 0 heterocycles. The van der Waals surface area contributed by atoms with Gasteiger partial charge in [0.1, 0.15) is 17.4 Å². The summed E-state index contributed by atoms with van der Waals surface area (Å²) in [5.41, 5.74) is 0.401. The van der Waals surface area contributed by atoms with Crippen LogP contribution in [0.25, 0.3) is 0 Å². The van der Waals surface area contributed by atoms with Gasteiger partial charge in [-0.25, -0.2) is 8.78 Å². The molecule has 0 aromatic heterocycles. The Bertz CT molecular complexity index is 372. The number of carbonyl (C=O) groups excluding carboxylic acids is 1. The monoisotopic (exact) mass is 226 g/mol. The van der Waals surface area contributed by atoms with Crippen molar-refractivity contribution in [2.24, 2.45) is 5.92 Å². The van der Waals surface area contributed by atoms with E-state index in [-0.39, 0.29) is 5.78 Å². The Morgan fingerprint density at radius 3 is 2.56 bits per heavy atom. The van der Waals surface area contributed by atoms with Crippen molar-refractivity contribution in [3.8, 4) is 0 Å². The molecule has 0 saturated heterocycles. The molecule has 0 fully saturated rings. The van der Waals surface area contributed by atoms with Gasteiger partial charge in [0.2, 0.25) is 0 Å². The molecule has 0 bridgehead atoms. The van der Waals surface area contributed by atoms with Gasteiger partial charge in [0.05, 0.1) is 0 Å². The van der Waals surface area contributed by atoms with Gasteiger partial charge in [-0.3, -0.25) is 4.79 Å². The molecule has 0 unspecified atom stereocenters. The van der Waals surface area contributed by atoms with E-state index in [1.54, 1.807) is 0 Å². The summed E-state index contributed by atoms with van der Waals surface area (Å²) in [6.07, 6.45) is 1.18. The topological polar surface area (TPSA) is 17.1 Å². The molecule has 0 aliphatic carbocycles. The first-order valence-corrected chi connectivity index (χ1v) is 5.44. The molecule has 0 atom stereocenters. The van der Waals surface area contributed by atoms with Gasteiger partial charge in [-0.1, -0.05) is 19.9 Å². The third-order valence-corrected chi connectivity index (χ3v) is 2.32. The predicted octanol–water partition coefficient (Wildman–Crippen LogP) is 3.51. The SMILES string of the molecule is CC(C)CC(=O)CCc1ccc(F)cc1F. The molecule has 0 saturated carbocycles. The van der Waals surface area contributed by atoms with Crippen molar-refractivity contribution in [2.75, 3.05) is 0 Å². The molecule has 0 amide bonds. The molecule has 1 rings (SSSR count). The van der Waals surface area contributed by atoms with Gasteiger partial charge in [-0.2, -0.15) is 0 Å². The summed E-state index contributed by atoms with van der Waals surface area (Å²) in [6.45, 7) is 3.94. The summed E-state index contributed by atoms with van der Waals surface area (Å²) >= 11 is 0. The number of rotatable bonds is 5. The number of halogens is 2. The van der Waals surface area contributed by atoms with E-state index in [2.05, 4.69) is 0 Å². The van der Waals surface area contributed by atoms with Gasteiger partial charge >= 0.3 is 0 Å². The van der Waals surface area contributed by atoms with Crippen LogP contribution >= 0.6 is 0 Å². The van der Waals surface area contributed by atoms with Crippen LogP contribution in [0, 0.1) is 17.6 Å². The lowest BCUT2D eigenvalue weighted by molar-refractivity contribution is -0.119. The fourth-order valence-corrected chi connectivity index (χ4v) is 1.56. The quantitative estimate of drug-likeness (QED) is 0.750. The second-order valence-corrected chi connectivity index (χ2v) is 4.37. The normalized spacial score (nSPS) is 10.8. The minimum atomic E-state index is -0.588. The highest BCUT2D eigenvalue weighted by molar-refractivity contribution is 5.78. The zero-order valence-corrected chi connectivity index (χ0v) is 9.59. The lowest BCUT2D eigenvalue weighted by Crippen LogP contribution is -2.05. The van der Waals surface area contributed by atoms with Gasteiger partial charge in [0, 0.05) is 18.9 Å². The molecule has 0 radical (unpaired) electrons. The summed E-state index contributed by atoms with van der Waals surface area (Å²) in [5.74, 6) is -0.712. The van der Waals surface area contributed by atoms with Crippen LogP contribution in [0.15, 0.2) is 18.2 Å². The van der Waals surface area contributed by atoms with E-state index in [0.29, 0.717) is 30.7 Å². The maximum Gasteiger partial charge on any atom is 0.133 e. The zero-order chi connectivity index (χ0) is 12.1. The van der Waals surface area contributed by atoms with E-state index in [1.165, 1.54) is 12.1 Å². The Morgan fingerprint density at radius 1 is 1.31 bits per heavy atom. The fraction of sp³-hybridized carbons (Fsp3) is 0.462. The first kappa shape index (κ1) is 12.8. The summed E-state index contributed by atoms with van der Waals surface area (Å²) in [5, 5.41) is 0. The smallest absolute Gasteiger partial charge is 0.133 e. The summed E-state index contributed by atoms with van der Waals surface area (Å²) in [7, 11) is 0. The van der Waals surface area contributed by atoms with E-state index in [0.717, 1.165) is 6.07 Å². The van der Waals surface area contributed by atoms with Crippen molar-refractivity contribution in [2.45, 2.75) is 33.1 Å². The van der Waals surface area contributed by atoms with Crippen molar-refractivity contribution < 1.29 is 13.6 Å². The third-order valence-electron chi connectivity index (χ3n) is 2.32. The standard InChI is InChI=1S/C13H16F2O/c1-9(2)7-12(16)6-4-10-3-5-11(14)8-13(10)15/h3,5,8-9H,4,6-7H2,1-2H3. The van der Waals surface area contributed by atoms with Gasteiger partial charge in [-0.15, -0.1) is 0 Å². The third kappa shape index (κ3) is 4.09. The predicted molar refractivity (Wildman–Crippen MR) is 59.1 cm³/mol. The number of Topliss-reactive ketones (excluding diaryl/α,β-unsaturated/α-hetero) is 1. The molecule has 1 aromatic carbocycles. The highest BCUT2D eigenvalue weighted by atomic mass is 19.1. The first-order chi connectivity index (χ1) is 7.49. The van der Waals surface area contributed by atoms with Crippen LogP contribution in [0.1, 0.15) is 32.3 Å². The van der Waals surface area contributed by atoms with Crippen LogP contribution in [0.4, 0.5) is 8.78 Å². The average molecular weight is 226 g/mol. The Kier molecular flexibility index (Phi) is 4.59. The molecule has 0 aliphatic rings. The summed E-state index contributed by atoms with van der Waals surface area (Å²) < 4.78 is 25.8. The first-order valence-electron chi connectivity index (χ1n) is 5.44. The van der Waals surface area contributed by atoms with Gasteiger partial charge in [0.25, 0.3) is 0 Å². The van der Waals surface area contributed by atoms with E-state index in [1.807, 2.05) is 13.8 Å². The molecule has 16 heavy (non-hydrogen) atoms. The molecule has 0 spiro atoms. The van der Waals surface area contributed by atoms with Crippen LogP contribution in [0.5, 0.6) is 0 Å². The van der Waals surface area contributed by atoms with Gasteiger partial charge in [0.15, 0.2) is 0 Å². The van der Waals surface area contributed by atoms with Crippen LogP contribution in [0.3, 0.4) is 0 Å². The van der Waals surface area contributed by atoms with Crippen LogP contribution < -0.4 is 0 Å². The zero-order valence-electron chi connectivity index (χ0n) is 9.59. The molecule has 3 heteroatoms. The van der Waals surface area contributed by atoms with E-state index >= 15 is 0 Å². The minimum Gasteiger partial charge on any atom is -0.300 e. The summed E-state index contributed by atoms with van der Waals surface area (Å²) in [4.78, 5) is 11.4. The van der Waals surface area contributed by atoms with Gasteiger partial charge < -0.3 is 0 Å². The molecule has 0 aliphatic heterocycles. The fourth-order valence-electron chi connectivity index (χ4n) is 1.56.